The maximum atomic E-state index is 11.5. The second-order valence-electron chi connectivity index (χ2n) is 3.92. The van der Waals surface area contributed by atoms with Gasteiger partial charge in [-0.2, -0.15) is 0 Å². The summed E-state index contributed by atoms with van der Waals surface area (Å²) in [5.41, 5.74) is 1.91. The SMILES string of the molecule is CCC(=O)c1ccc(-c2ccc(C)cc2Cl)o1. The fraction of sp³-hybridized carbons (Fsp3) is 0.214. The number of rotatable bonds is 3. The molecule has 1 aromatic carbocycles. The minimum absolute atomic E-state index is 0.000478. The van der Waals surface area contributed by atoms with Crippen LogP contribution in [0.1, 0.15) is 29.5 Å². The van der Waals surface area contributed by atoms with Gasteiger partial charge in [0.15, 0.2) is 11.5 Å². The minimum atomic E-state index is -0.000478. The largest absolute Gasteiger partial charge is 0.453 e. The van der Waals surface area contributed by atoms with Gasteiger partial charge in [-0.25, -0.2) is 0 Å². The van der Waals surface area contributed by atoms with Gasteiger partial charge in [-0.15, -0.1) is 0 Å². The van der Waals surface area contributed by atoms with Gasteiger partial charge in [-0.1, -0.05) is 24.6 Å². The van der Waals surface area contributed by atoms with E-state index in [0.29, 0.717) is 23.0 Å². The van der Waals surface area contributed by atoms with Gasteiger partial charge in [0.2, 0.25) is 0 Å². The van der Waals surface area contributed by atoms with Crippen molar-refractivity contribution in [3.05, 3.63) is 46.7 Å². The molecule has 0 atom stereocenters. The second-order valence-corrected chi connectivity index (χ2v) is 4.33. The van der Waals surface area contributed by atoms with Gasteiger partial charge >= 0.3 is 0 Å². The monoisotopic (exact) mass is 248 g/mol. The maximum Gasteiger partial charge on any atom is 0.197 e. The summed E-state index contributed by atoms with van der Waals surface area (Å²) in [5, 5.41) is 0.634. The Balaban J connectivity index is 2.40. The van der Waals surface area contributed by atoms with Crippen LogP contribution >= 0.6 is 11.6 Å². The molecule has 1 aromatic heterocycles. The summed E-state index contributed by atoms with van der Waals surface area (Å²) in [6.07, 6.45) is 0.439. The van der Waals surface area contributed by atoms with Crippen LogP contribution in [0.15, 0.2) is 34.7 Å². The van der Waals surface area contributed by atoms with Crippen molar-refractivity contribution < 1.29 is 9.21 Å². The van der Waals surface area contributed by atoms with Gasteiger partial charge in [0.05, 0.1) is 5.02 Å². The van der Waals surface area contributed by atoms with E-state index in [2.05, 4.69) is 0 Å². The Hall–Kier alpha value is -1.54. The standard InChI is InChI=1S/C14H13ClO2/c1-3-12(16)14-7-6-13(17-14)10-5-4-9(2)8-11(10)15/h4-8H,3H2,1-2H3. The molecule has 2 nitrogen and oxygen atoms in total. The molecule has 0 fully saturated rings. The molecule has 0 bridgehead atoms. The Labute approximate surface area is 105 Å². The van der Waals surface area contributed by atoms with E-state index in [4.69, 9.17) is 16.0 Å². The number of ketones is 1. The van der Waals surface area contributed by atoms with Crippen LogP contribution in [0.25, 0.3) is 11.3 Å². The molecule has 0 spiro atoms. The summed E-state index contributed by atoms with van der Waals surface area (Å²) in [7, 11) is 0. The lowest BCUT2D eigenvalue weighted by Crippen LogP contribution is -1.92. The molecule has 0 aliphatic carbocycles. The molecular weight excluding hydrogens is 236 g/mol. The average molecular weight is 249 g/mol. The van der Waals surface area contributed by atoms with E-state index >= 15 is 0 Å². The fourth-order valence-corrected chi connectivity index (χ4v) is 1.95. The highest BCUT2D eigenvalue weighted by molar-refractivity contribution is 6.33. The molecule has 0 saturated carbocycles. The van der Waals surface area contributed by atoms with E-state index in [1.165, 1.54) is 0 Å². The third-order valence-electron chi connectivity index (χ3n) is 2.59. The number of hydrogen-bond acceptors (Lipinski definition) is 2. The predicted octanol–water partition coefficient (Wildman–Crippen LogP) is 4.50. The van der Waals surface area contributed by atoms with Gasteiger partial charge in [0.1, 0.15) is 5.76 Å². The molecular formula is C14H13ClO2. The van der Waals surface area contributed by atoms with Gasteiger partial charge in [-0.05, 0) is 36.8 Å². The van der Waals surface area contributed by atoms with Crippen molar-refractivity contribution in [2.75, 3.05) is 0 Å². The van der Waals surface area contributed by atoms with Crippen LogP contribution in [-0.2, 0) is 0 Å². The molecule has 3 heteroatoms. The van der Waals surface area contributed by atoms with Gasteiger partial charge in [-0.3, -0.25) is 4.79 Å². The highest BCUT2D eigenvalue weighted by Gasteiger charge is 2.12. The third kappa shape index (κ3) is 2.42. The van der Waals surface area contributed by atoms with Crippen LogP contribution < -0.4 is 0 Å². The van der Waals surface area contributed by atoms with Crippen LogP contribution in [0.4, 0.5) is 0 Å². The third-order valence-corrected chi connectivity index (χ3v) is 2.90. The lowest BCUT2D eigenvalue weighted by atomic mass is 10.1. The molecule has 88 valence electrons. The summed E-state index contributed by atoms with van der Waals surface area (Å²) in [6.45, 7) is 3.78. The number of hydrogen-bond donors (Lipinski definition) is 0. The first-order chi connectivity index (χ1) is 8.11. The number of furan rings is 1. The van der Waals surface area contributed by atoms with E-state index in [1.807, 2.05) is 32.0 Å². The van der Waals surface area contributed by atoms with Crippen molar-refractivity contribution in [1.29, 1.82) is 0 Å². The molecule has 0 saturated heterocycles. The van der Waals surface area contributed by atoms with Crippen LogP contribution in [0, 0.1) is 6.92 Å². The zero-order valence-electron chi connectivity index (χ0n) is 9.79. The van der Waals surface area contributed by atoms with Crippen LogP contribution in [-0.4, -0.2) is 5.78 Å². The molecule has 0 unspecified atom stereocenters. The molecule has 0 N–H and O–H groups in total. The average Bonchev–Trinajstić information content (AvgIpc) is 2.77. The maximum absolute atomic E-state index is 11.5. The quantitative estimate of drug-likeness (QED) is 0.749. The molecule has 17 heavy (non-hydrogen) atoms. The van der Waals surface area contributed by atoms with Crippen molar-refractivity contribution in [2.24, 2.45) is 0 Å². The Morgan fingerprint density at radius 2 is 2.06 bits per heavy atom. The smallest absolute Gasteiger partial charge is 0.197 e. The predicted molar refractivity (Wildman–Crippen MR) is 68.5 cm³/mol. The van der Waals surface area contributed by atoms with Gasteiger partial charge in [0.25, 0.3) is 0 Å². The number of aryl methyl sites for hydroxylation is 1. The van der Waals surface area contributed by atoms with Crippen LogP contribution in [0.5, 0.6) is 0 Å². The first-order valence-electron chi connectivity index (χ1n) is 5.51. The summed E-state index contributed by atoms with van der Waals surface area (Å²) in [5.74, 6) is 1.02. The van der Waals surface area contributed by atoms with E-state index in [-0.39, 0.29) is 5.78 Å². The van der Waals surface area contributed by atoms with Crippen molar-refractivity contribution >= 4 is 17.4 Å². The molecule has 0 aliphatic rings. The first kappa shape index (κ1) is 11.9. The lowest BCUT2D eigenvalue weighted by molar-refractivity contribution is 0.0962. The Morgan fingerprint density at radius 3 is 2.71 bits per heavy atom. The first-order valence-corrected chi connectivity index (χ1v) is 5.89. The van der Waals surface area contributed by atoms with Crippen molar-refractivity contribution in [3.8, 4) is 11.3 Å². The molecule has 0 aliphatic heterocycles. The molecule has 1 heterocycles. The molecule has 0 amide bonds. The minimum Gasteiger partial charge on any atom is -0.453 e. The summed E-state index contributed by atoms with van der Waals surface area (Å²) in [4.78, 5) is 11.5. The Morgan fingerprint density at radius 1 is 1.29 bits per heavy atom. The summed E-state index contributed by atoms with van der Waals surface area (Å²) >= 11 is 6.14. The normalized spacial score (nSPS) is 10.5. The number of Topliss-reactive ketones (excluding diaryl/α,β-unsaturated/α-hetero) is 1. The highest BCUT2D eigenvalue weighted by Crippen LogP contribution is 2.30. The molecule has 0 radical (unpaired) electrons. The van der Waals surface area contributed by atoms with Crippen LogP contribution in [0.2, 0.25) is 5.02 Å². The second kappa shape index (κ2) is 4.76. The van der Waals surface area contributed by atoms with Gasteiger partial charge in [0, 0.05) is 12.0 Å². The van der Waals surface area contributed by atoms with E-state index in [1.54, 1.807) is 12.1 Å². The Bertz CT molecular complexity index is 555. The van der Waals surface area contributed by atoms with E-state index in [0.717, 1.165) is 11.1 Å². The Kier molecular flexibility index (Phi) is 3.34. The van der Waals surface area contributed by atoms with Crippen LogP contribution in [0.3, 0.4) is 0 Å². The van der Waals surface area contributed by atoms with E-state index < -0.39 is 0 Å². The number of halogens is 1. The van der Waals surface area contributed by atoms with Crippen molar-refractivity contribution in [2.45, 2.75) is 20.3 Å². The van der Waals surface area contributed by atoms with E-state index in [9.17, 15) is 4.79 Å². The molecule has 2 rings (SSSR count). The summed E-state index contributed by atoms with van der Waals surface area (Å²) in [6, 6.07) is 9.21. The van der Waals surface area contributed by atoms with Crippen molar-refractivity contribution in [1.82, 2.24) is 0 Å². The topological polar surface area (TPSA) is 30.2 Å². The number of carbonyl (C=O) groups is 1. The summed E-state index contributed by atoms with van der Waals surface area (Å²) < 4.78 is 5.51. The number of carbonyl (C=O) groups excluding carboxylic acids is 1. The zero-order valence-corrected chi connectivity index (χ0v) is 10.5. The number of benzene rings is 1. The molecule has 2 aromatic rings. The fourth-order valence-electron chi connectivity index (χ4n) is 1.63. The lowest BCUT2D eigenvalue weighted by Gasteiger charge is -2.01. The highest BCUT2D eigenvalue weighted by atomic mass is 35.5. The van der Waals surface area contributed by atoms with Gasteiger partial charge < -0.3 is 4.42 Å². The van der Waals surface area contributed by atoms with Crippen molar-refractivity contribution in [3.63, 3.8) is 0 Å². The zero-order chi connectivity index (χ0) is 12.4.